The van der Waals surface area contributed by atoms with Crippen LogP contribution in [0.25, 0.3) is 0 Å². The lowest BCUT2D eigenvalue weighted by molar-refractivity contribution is 0.0603. The summed E-state index contributed by atoms with van der Waals surface area (Å²) in [6, 6.07) is 15.5. The molecule has 112 valence electrons. The molecule has 2 amide bonds. The molecule has 1 aliphatic rings. The lowest BCUT2D eigenvalue weighted by Crippen LogP contribution is -2.35. The topological polar surface area (TPSA) is 79.0 Å². The number of fused-ring (bicyclic) bond motifs is 1. The largest absolute Gasteiger partial charge is 0.269 e. The number of rotatable bonds is 3. The summed E-state index contributed by atoms with van der Waals surface area (Å²) in [4.78, 5) is 30.9. The van der Waals surface area contributed by atoms with E-state index in [1.165, 1.54) is 11.2 Å². The van der Waals surface area contributed by atoms with Crippen LogP contribution in [0.4, 0.5) is 0 Å². The fourth-order valence-corrected chi connectivity index (χ4v) is 2.85. The van der Waals surface area contributed by atoms with Crippen LogP contribution < -0.4 is 0 Å². The molecular formula is C17H12N4O2. The van der Waals surface area contributed by atoms with Crippen LogP contribution in [0.3, 0.4) is 0 Å². The van der Waals surface area contributed by atoms with E-state index in [-0.39, 0.29) is 11.8 Å². The highest BCUT2D eigenvalue weighted by Gasteiger charge is 2.42. The molecule has 1 aromatic heterocycles. The number of carbonyl (C=O) groups is 2. The first-order valence-corrected chi connectivity index (χ1v) is 7.14. The number of hydrogen-bond acceptors (Lipinski definition) is 4. The van der Waals surface area contributed by atoms with Gasteiger partial charge in [0.1, 0.15) is 12.4 Å². The van der Waals surface area contributed by atoms with Crippen LogP contribution in [0.2, 0.25) is 0 Å². The number of carbonyl (C=O) groups excluding carboxylic acids is 2. The van der Waals surface area contributed by atoms with Gasteiger partial charge >= 0.3 is 0 Å². The second kappa shape index (κ2) is 5.17. The zero-order valence-corrected chi connectivity index (χ0v) is 12.0. The Morgan fingerprint density at radius 3 is 2.04 bits per heavy atom. The van der Waals surface area contributed by atoms with E-state index in [0.717, 1.165) is 5.56 Å². The quantitative estimate of drug-likeness (QED) is 0.752. The fourth-order valence-electron chi connectivity index (χ4n) is 2.85. The lowest BCUT2D eigenvalue weighted by Gasteiger charge is -2.24. The fraction of sp³-hybridized carbons (Fsp3) is 0.0588. The number of aromatic nitrogens is 3. The first kappa shape index (κ1) is 13.4. The van der Waals surface area contributed by atoms with Gasteiger partial charge in [0.05, 0.1) is 11.1 Å². The Morgan fingerprint density at radius 2 is 1.48 bits per heavy atom. The van der Waals surface area contributed by atoms with Gasteiger partial charge in [0.2, 0.25) is 0 Å². The number of H-pyrrole nitrogens is 1. The van der Waals surface area contributed by atoms with E-state index >= 15 is 0 Å². The standard InChI is InChI=1S/C17H12N4O2/c22-16-12-8-4-5-9-13(12)17(23)21(16)14(15-18-10-19-20-15)11-6-2-1-3-7-11/h1-10,14H,(H,18,19,20)/t14-/m0/s1. The van der Waals surface area contributed by atoms with Crippen molar-refractivity contribution in [2.75, 3.05) is 0 Å². The van der Waals surface area contributed by atoms with E-state index in [1.807, 2.05) is 30.3 Å². The summed E-state index contributed by atoms with van der Waals surface area (Å²) in [6.07, 6.45) is 1.36. The van der Waals surface area contributed by atoms with Crippen LogP contribution in [0.5, 0.6) is 0 Å². The number of imide groups is 1. The van der Waals surface area contributed by atoms with Gasteiger partial charge in [-0.15, -0.1) is 0 Å². The van der Waals surface area contributed by atoms with Crippen molar-refractivity contribution in [1.29, 1.82) is 0 Å². The lowest BCUT2D eigenvalue weighted by atomic mass is 10.0. The minimum atomic E-state index is -0.633. The van der Waals surface area contributed by atoms with Crippen molar-refractivity contribution >= 4 is 11.8 Å². The van der Waals surface area contributed by atoms with Gasteiger partial charge in [-0.05, 0) is 17.7 Å². The van der Waals surface area contributed by atoms with Crippen molar-refractivity contribution in [3.8, 4) is 0 Å². The summed E-state index contributed by atoms with van der Waals surface area (Å²) >= 11 is 0. The summed E-state index contributed by atoms with van der Waals surface area (Å²) in [7, 11) is 0. The Bertz CT molecular complexity index is 840. The van der Waals surface area contributed by atoms with Crippen molar-refractivity contribution in [2.24, 2.45) is 0 Å². The van der Waals surface area contributed by atoms with Crippen LogP contribution in [0, 0.1) is 0 Å². The van der Waals surface area contributed by atoms with Crippen molar-refractivity contribution < 1.29 is 9.59 Å². The van der Waals surface area contributed by atoms with Gasteiger partial charge in [-0.3, -0.25) is 19.6 Å². The van der Waals surface area contributed by atoms with Gasteiger partial charge in [0.25, 0.3) is 11.8 Å². The van der Waals surface area contributed by atoms with Crippen LogP contribution in [0.15, 0.2) is 60.9 Å². The number of hydrogen-bond donors (Lipinski definition) is 1. The van der Waals surface area contributed by atoms with Gasteiger partial charge in [-0.2, -0.15) is 5.10 Å². The minimum Gasteiger partial charge on any atom is -0.269 e. The highest BCUT2D eigenvalue weighted by molar-refractivity contribution is 6.21. The molecule has 0 aliphatic carbocycles. The predicted molar refractivity (Wildman–Crippen MR) is 81.6 cm³/mol. The van der Waals surface area contributed by atoms with Crippen LogP contribution in [-0.2, 0) is 0 Å². The van der Waals surface area contributed by atoms with Gasteiger partial charge < -0.3 is 0 Å². The summed E-state index contributed by atoms with van der Waals surface area (Å²) < 4.78 is 0. The number of aromatic amines is 1. The maximum absolute atomic E-state index is 12.8. The number of nitrogens with one attached hydrogen (secondary N) is 1. The molecule has 0 spiro atoms. The van der Waals surface area contributed by atoms with Crippen LogP contribution in [0.1, 0.15) is 38.1 Å². The third-order valence-electron chi connectivity index (χ3n) is 3.89. The molecule has 1 aliphatic heterocycles. The van der Waals surface area contributed by atoms with Crippen molar-refractivity contribution in [2.45, 2.75) is 6.04 Å². The molecule has 6 heteroatoms. The summed E-state index contributed by atoms with van der Waals surface area (Å²) in [5.74, 6) is -0.197. The molecule has 0 saturated carbocycles. The molecule has 2 heterocycles. The number of nitrogens with zero attached hydrogens (tertiary/aromatic N) is 3. The van der Waals surface area contributed by atoms with Crippen LogP contribution in [-0.4, -0.2) is 31.9 Å². The second-order valence-electron chi connectivity index (χ2n) is 5.21. The second-order valence-corrected chi connectivity index (χ2v) is 5.21. The first-order valence-electron chi connectivity index (χ1n) is 7.14. The molecule has 1 atom stereocenters. The van der Waals surface area contributed by atoms with Crippen molar-refractivity contribution in [3.05, 3.63) is 83.4 Å². The maximum atomic E-state index is 12.8. The van der Waals surface area contributed by atoms with E-state index in [0.29, 0.717) is 17.0 Å². The molecule has 0 radical (unpaired) electrons. The highest BCUT2D eigenvalue weighted by atomic mass is 16.2. The molecule has 0 saturated heterocycles. The van der Waals surface area contributed by atoms with Crippen LogP contribution >= 0.6 is 0 Å². The molecule has 0 unspecified atom stereocenters. The summed E-state index contributed by atoms with van der Waals surface area (Å²) in [5, 5.41) is 6.63. The smallest absolute Gasteiger partial charge is 0.262 e. The van der Waals surface area contributed by atoms with Gasteiger partial charge in [-0.1, -0.05) is 42.5 Å². The SMILES string of the molecule is O=C1c2ccccc2C(=O)N1[C@@H](c1ccccc1)c1ncn[nH]1. The molecule has 0 bridgehead atoms. The molecule has 6 nitrogen and oxygen atoms in total. The average Bonchev–Trinajstić information content (AvgIpc) is 3.20. The van der Waals surface area contributed by atoms with E-state index in [9.17, 15) is 9.59 Å². The van der Waals surface area contributed by atoms with Gasteiger partial charge in [-0.25, -0.2) is 4.98 Å². The zero-order chi connectivity index (χ0) is 15.8. The maximum Gasteiger partial charge on any atom is 0.262 e. The van der Waals surface area contributed by atoms with E-state index in [2.05, 4.69) is 15.2 Å². The third-order valence-corrected chi connectivity index (χ3v) is 3.89. The Morgan fingerprint density at radius 1 is 0.870 bits per heavy atom. The molecule has 4 rings (SSSR count). The van der Waals surface area contributed by atoms with E-state index in [1.54, 1.807) is 24.3 Å². The van der Waals surface area contributed by atoms with Crippen molar-refractivity contribution in [3.63, 3.8) is 0 Å². The molecular weight excluding hydrogens is 292 g/mol. The average molecular weight is 304 g/mol. The van der Waals surface area contributed by atoms with Gasteiger partial charge in [0.15, 0.2) is 5.82 Å². The monoisotopic (exact) mass is 304 g/mol. The highest BCUT2D eigenvalue weighted by Crippen LogP contribution is 2.34. The summed E-state index contributed by atoms with van der Waals surface area (Å²) in [5.41, 5.74) is 1.62. The molecule has 1 N–H and O–H groups in total. The van der Waals surface area contributed by atoms with E-state index in [4.69, 9.17) is 0 Å². The summed E-state index contributed by atoms with van der Waals surface area (Å²) in [6.45, 7) is 0. The Balaban J connectivity index is 1.86. The zero-order valence-electron chi connectivity index (χ0n) is 12.0. The minimum absolute atomic E-state index is 0.323. The molecule has 23 heavy (non-hydrogen) atoms. The number of benzene rings is 2. The number of amides is 2. The Labute approximate surface area is 131 Å². The van der Waals surface area contributed by atoms with E-state index < -0.39 is 6.04 Å². The third kappa shape index (κ3) is 2.03. The Hall–Kier alpha value is -3.28. The molecule has 0 fully saturated rings. The predicted octanol–water partition coefficient (Wildman–Crippen LogP) is 2.19. The Kier molecular flexibility index (Phi) is 3.01. The first-order chi connectivity index (χ1) is 11.3. The molecule has 2 aromatic carbocycles. The van der Waals surface area contributed by atoms with Gasteiger partial charge in [0, 0.05) is 0 Å². The molecule has 3 aromatic rings. The normalized spacial score (nSPS) is 14.9. The van der Waals surface area contributed by atoms with Crippen molar-refractivity contribution in [1.82, 2.24) is 20.1 Å².